The van der Waals surface area contributed by atoms with E-state index in [0.717, 1.165) is 5.69 Å². The summed E-state index contributed by atoms with van der Waals surface area (Å²) in [5.41, 5.74) is 1.47. The van der Waals surface area contributed by atoms with Gasteiger partial charge in [-0.2, -0.15) is 4.98 Å². The lowest BCUT2D eigenvalue weighted by Gasteiger charge is -2.03. The number of pyridine rings is 1. The normalized spacial score (nSPS) is 12.5. The van der Waals surface area contributed by atoms with Crippen LogP contribution in [0.25, 0.3) is 11.5 Å². The van der Waals surface area contributed by atoms with Crippen LogP contribution in [0.4, 0.5) is 0 Å². The fourth-order valence-corrected chi connectivity index (χ4v) is 1.72. The number of aromatic nitrogens is 6. The van der Waals surface area contributed by atoms with Crippen LogP contribution < -0.4 is 0 Å². The third kappa shape index (κ3) is 2.22. The molecule has 96 valence electrons. The van der Waals surface area contributed by atoms with Crippen LogP contribution in [0.3, 0.4) is 0 Å². The Balaban J connectivity index is 1.89. The molecule has 1 unspecified atom stereocenters. The maximum Gasteiger partial charge on any atom is 0.235 e. The van der Waals surface area contributed by atoms with E-state index >= 15 is 0 Å². The lowest BCUT2D eigenvalue weighted by Crippen LogP contribution is -1.98. The first-order valence-corrected chi connectivity index (χ1v) is 5.85. The van der Waals surface area contributed by atoms with Gasteiger partial charge in [-0.15, -0.1) is 5.10 Å². The van der Waals surface area contributed by atoms with Gasteiger partial charge in [0.1, 0.15) is 0 Å². The quantitative estimate of drug-likeness (QED) is 0.704. The summed E-state index contributed by atoms with van der Waals surface area (Å²) in [5, 5.41) is 11.7. The van der Waals surface area contributed by atoms with Crippen LogP contribution in [0.1, 0.15) is 24.4 Å². The number of aryl methyl sites for hydroxylation is 1. The van der Waals surface area contributed by atoms with Crippen molar-refractivity contribution in [3.05, 3.63) is 42.2 Å². The zero-order chi connectivity index (χ0) is 13.2. The largest absolute Gasteiger partial charge is 0.338 e. The molecule has 0 saturated carbocycles. The highest BCUT2D eigenvalue weighted by molar-refractivity contribution is 5.45. The van der Waals surface area contributed by atoms with Crippen LogP contribution in [0.5, 0.6) is 0 Å². The van der Waals surface area contributed by atoms with Crippen molar-refractivity contribution in [3.63, 3.8) is 0 Å². The maximum atomic E-state index is 5.27. The van der Waals surface area contributed by atoms with Gasteiger partial charge in [-0.3, -0.25) is 9.67 Å². The molecule has 3 heterocycles. The Hall–Kier alpha value is -2.57. The van der Waals surface area contributed by atoms with E-state index in [1.807, 2.05) is 25.1 Å². The van der Waals surface area contributed by atoms with Crippen molar-refractivity contribution in [2.45, 2.75) is 12.8 Å². The number of rotatable bonds is 3. The zero-order valence-electron chi connectivity index (χ0n) is 10.6. The molecule has 0 bridgehead atoms. The van der Waals surface area contributed by atoms with E-state index in [1.54, 1.807) is 24.1 Å². The van der Waals surface area contributed by atoms with Crippen LogP contribution >= 0.6 is 0 Å². The van der Waals surface area contributed by atoms with Crippen LogP contribution in [0.15, 0.2) is 35.1 Å². The second kappa shape index (κ2) is 4.60. The first-order valence-electron chi connectivity index (χ1n) is 5.85. The minimum absolute atomic E-state index is 0.0564. The lowest BCUT2D eigenvalue weighted by atomic mass is 10.1. The molecular formula is C12H12N6O. The van der Waals surface area contributed by atoms with E-state index in [4.69, 9.17) is 4.52 Å². The van der Waals surface area contributed by atoms with E-state index in [2.05, 4.69) is 25.4 Å². The average Bonchev–Trinajstić information content (AvgIpc) is 3.07. The van der Waals surface area contributed by atoms with Gasteiger partial charge in [-0.25, -0.2) is 0 Å². The standard InChI is InChI=1S/C12H12N6O/c1-8(9-5-3-4-6-13-9)12-14-11(16-19-12)10-7-18(2)17-15-10/h3-8H,1-2H3. The minimum atomic E-state index is -0.0564. The Morgan fingerprint density at radius 1 is 1.32 bits per heavy atom. The minimum Gasteiger partial charge on any atom is -0.338 e. The highest BCUT2D eigenvalue weighted by Gasteiger charge is 2.19. The Morgan fingerprint density at radius 2 is 2.21 bits per heavy atom. The van der Waals surface area contributed by atoms with E-state index in [1.165, 1.54) is 0 Å². The predicted octanol–water partition coefficient (Wildman–Crippen LogP) is 1.41. The van der Waals surface area contributed by atoms with Crippen molar-refractivity contribution in [1.82, 2.24) is 30.1 Å². The van der Waals surface area contributed by atoms with Crippen molar-refractivity contribution in [1.29, 1.82) is 0 Å². The number of nitrogens with zero attached hydrogens (tertiary/aromatic N) is 6. The number of hydrogen-bond acceptors (Lipinski definition) is 6. The lowest BCUT2D eigenvalue weighted by molar-refractivity contribution is 0.369. The SMILES string of the molecule is CC(c1ccccn1)c1nc(-c2cn(C)nn2)no1. The summed E-state index contributed by atoms with van der Waals surface area (Å²) in [5.74, 6) is 0.893. The molecule has 0 aliphatic heterocycles. The molecule has 1 atom stereocenters. The average molecular weight is 256 g/mol. The van der Waals surface area contributed by atoms with Gasteiger partial charge in [0, 0.05) is 13.2 Å². The van der Waals surface area contributed by atoms with Crippen LogP contribution in [0, 0.1) is 0 Å². The third-order valence-electron chi connectivity index (χ3n) is 2.78. The third-order valence-corrected chi connectivity index (χ3v) is 2.78. The Morgan fingerprint density at radius 3 is 2.89 bits per heavy atom. The van der Waals surface area contributed by atoms with E-state index in [9.17, 15) is 0 Å². The van der Waals surface area contributed by atoms with Gasteiger partial charge in [0.05, 0.1) is 17.8 Å². The molecule has 19 heavy (non-hydrogen) atoms. The van der Waals surface area contributed by atoms with E-state index in [-0.39, 0.29) is 5.92 Å². The molecule has 0 radical (unpaired) electrons. The Kier molecular flexibility index (Phi) is 2.79. The van der Waals surface area contributed by atoms with E-state index in [0.29, 0.717) is 17.4 Å². The summed E-state index contributed by atoms with van der Waals surface area (Å²) in [4.78, 5) is 8.62. The second-order valence-corrected chi connectivity index (χ2v) is 4.21. The summed E-state index contributed by atoms with van der Waals surface area (Å²) in [6, 6.07) is 5.73. The molecule has 3 aromatic heterocycles. The molecule has 0 spiro atoms. The Bertz CT molecular complexity index is 674. The first kappa shape index (κ1) is 11.5. The zero-order valence-corrected chi connectivity index (χ0v) is 10.6. The fraction of sp³-hybridized carbons (Fsp3) is 0.250. The molecule has 0 aromatic carbocycles. The first-order chi connectivity index (χ1) is 9.24. The molecule has 0 amide bonds. The van der Waals surface area contributed by atoms with Crippen LogP contribution in [0.2, 0.25) is 0 Å². The van der Waals surface area contributed by atoms with Crippen molar-refractivity contribution in [3.8, 4) is 11.5 Å². The molecule has 7 nitrogen and oxygen atoms in total. The molecule has 0 saturated heterocycles. The fourth-order valence-electron chi connectivity index (χ4n) is 1.72. The molecule has 7 heteroatoms. The highest BCUT2D eigenvalue weighted by Crippen LogP contribution is 2.22. The van der Waals surface area contributed by atoms with E-state index < -0.39 is 0 Å². The maximum absolute atomic E-state index is 5.27. The van der Waals surface area contributed by atoms with Gasteiger partial charge in [0.15, 0.2) is 5.69 Å². The molecule has 0 fully saturated rings. The van der Waals surface area contributed by atoms with Gasteiger partial charge >= 0.3 is 0 Å². The summed E-state index contributed by atoms with van der Waals surface area (Å²) in [6.45, 7) is 1.97. The van der Waals surface area contributed by atoms with Crippen LogP contribution in [-0.2, 0) is 7.05 Å². The summed E-state index contributed by atoms with van der Waals surface area (Å²) in [6.07, 6.45) is 3.48. The van der Waals surface area contributed by atoms with Crippen molar-refractivity contribution in [2.75, 3.05) is 0 Å². The summed E-state index contributed by atoms with van der Waals surface area (Å²) >= 11 is 0. The van der Waals surface area contributed by atoms with Gasteiger partial charge in [0.25, 0.3) is 0 Å². The monoisotopic (exact) mass is 256 g/mol. The van der Waals surface area contributed by atoms with Crippen LogP contribution in [-0.4, -0.2) is 30.1 Å². The molecule has 0 N–H and O–H groups in total. The Labute approximate surface area is 109 Å². The highest BCUT2D eigenvalue weighted by atomic mass is 16.5. The topological polar surface area (TPSA) is 82.5 Å². The smallest absolute Gasteiger partial charge is 0.235 e. The number of hydrogen-bond donors (Lipinski definition) is 0. The second-order valence-electron chi connectivity index (χ2n) is 4.21. The van der Waals surface area contributed by atoms with Gasteiger partial charge < -0.3 is 4.52 Å². The molecule has 0 aliphatic carbocycles. The summed E-state index contributed by atoms with van der Waals surface area (Å²) in [7, 11) is 1.79. The molecule has 0 aliphatic rings. The molecular weight excluding hydrogens is 244 g/mol. The predicted molar refractivity (Wildman–Crippen MR) is 66.0 cm³/mol. The van der Waals surface area contributed by atoms with Gasteiger partial charge in [-0.05, 0) is 19.1 Å². The molecule has 3 rings (SSSR count). The molecule has 3 aromatic rings. The summed E-state index contributed by atoms with van der Waals surface area (Å²) < 4.78 is 6.86. The van der Waals surface area contributed by atoms with Crippen molar-refractivity contribution in [2.24, 2.45) is 7.05 Å². The van der Waals surface area contributed by atoms with Crippen molar-refractivity contribution >= 4 is 0 Å². The van der Waals surface area contributed by atoms with Crippen molar-refractivity contribution < 1.29 is 4.52 Å². The van der Waals surface area contributed by atoms with Gasteiger partial charge in [-0.1, -0.05) is 16.4 Å². The van der Waals surface area contributed by atoms with Gasteiger partial charge in [0.2, 0.25) is 11.7 Å².